The minimum atomic E-state index is -3.08. The van der Waals surface area contributed by atoms with Gasteiger partial charge in [-0.1, -0.05) is 50.7 Å². The maximum atomic E-state index is 12.3. The molecule has 1 saturated heterocycles. The maximum absolute atomic E-state index is 12.3. The molecule has 1 aliphatic heterocycles. The molecule has 0 unspecified atom stereocenters. The fourth-order valence-corrected chi connectivity index (χ4v) is 4.50. The van der Waals surface area contributed by atoms with Gasteiger partial charge in [0.1, 0.15) is 6.17 Å². The molecule has 1 aromatic carbocycles. The Hall–Kier alpha value is -0.0500. The summed E-state index contributed by atoms with van der Waals surface area (Å²) in [5.74, 6) is -0.391. The van der Waals surface area contributed by atoms with Gasteiger partial charge in [0, 0.05) is 16.1 Å². The Kier molecular flexibility index (Phi) is 6.25. The van der Waals surface area contributed by atoms with E-state index in [9.17, 15) is 13.2 Å². The minimum absolute atomic E-state index is 0.0433. The van der Waals surface area contributed by atoms with E-state index in [1.54, 1.807) is 24.3 Å². The Morgan fingerprint density at radius 1 is 1.26 bits per heavy atom. The van der Waals surface area contributed by atoms with Crippen LogP contribution in [0.1, 0.15) is 16.8 Å². The lowest BCUT2D eigenvalue weighted by Crippen LogP contribution is -2.56. The van der Waals surface area contributed by atoms with Crippen LogP contribution in [0.3, 0.4) is 0 Å². The van der Waals surface area contributed by atoms with E-state index >= 15 is 0 Å². The summed E-state index contributed by atoms with van der Waals surface area (Å²) in [5, 5.41) is 5.50. The zero-order valence-corrected chi connectivity index (χ0v) is 16.4. The van der Waals surface area contributed by atoms with Crippen molar-refractivity contribution < 1.29 is 13.2 Å². The predicted octanol–water partition coefficient (Wildman–Crippen LogP) is 2.65. The molecule has 0 radical (unpaired) electrons. The highest BCUT2D eigenvalue weighted by molar-refractivity contribution is 9.10. The largest absolute Gasteiger partial charge is 0.333 e. The van der Waals surface area contributed by atoms with Gasteiger partial charge in [-0.25, -0.2) is 8.42 Å². The second kappa shape index (κ2) is 7.45. The third-order valence-corrected chi connectivity index (χ3v) is 6.30. The number of sulfone groups is 1. The molecule has 0 aliphatic carbocycles. The van der Waals surface area contributed by atoms with Gasteiger partial charge in [-0.15, -0.1) is 0 Å². The number of amides is 1. The first kappa shape index (κ1) is 19.3. The molecule has 23 heavy (non-hydrogen) atoms. The van der Waals surface area contributed by atoms with Crippen LogP contribution in [0.2, 0.25) is 0 Å². The van der Waals surface area contributed by atoms with Crippen LogP contribution in [-0.2, 0) is 9.84 Å². The molecule has 2 atom stereocenters. The van der Waals surface area contributed by atoms with Gasteiger partial charge in [-0.2, -0.15) is 0 Å². The number of alkyl halides is 3. The average molecular weight is 465 g/mol. The standard InChI is InChI=1S/C13H14BrCl3N2O3S/c14-9-3-1-8(2-4-9)11(20)19-12(13(15,16)17)18-10-5-6-23(21,22)7-10/h1-4,10,12,18H,5-7H2,(H,19,20)/t10-,12-/m1/s1. The summed E-state index contributed by atoms with van der Waals surface area (Å²) in [6.07, 6.45) is -0.602. The van der Waals surface area contributed by atoms with Gasteiger partial charge in [-0.3, -0.25) is 10.1 Å². The van der Waals surface area contributed by atoms with Crippen LogP contribution in [0.15, 0.2) is 28.7 Å². The van der Waals surface area contributed by atoms with Crippen LogP contribution in [0.5, 0.6) is 0 Å². The smallest absolute Gasteiger partial charge is 0.252 e. The molecule has 1 heterocycles. The first-order chi connectivity index (χ1) is 10.6. The lowest BCUT2D eigenvalue weighted by Gasteiger charge is -2.29. The molecule has 5 nitrogen and oxygen atoms in total. The highest BCUT2D eigenvalue weighted by Gasteiger charge is 2.38. The Morgan fingerprint density at radius 2 is 1.87 bits per heavy atom. The van der Waals surface area contributed by atoms with Gasteiger partial charge in [-0.05, 0) is 30.7 Å². The van der Waals surface area contributed by atoms with Crippen LogP contribution in [0.25, 0.3) is 0 Å². The van der Waals surface area contributed by atoms with Gasteiger partial charge in [0.15, 0.2) is 9.84 Å². The van der Waals surface area contributed by atoms with Crippen molar-refractivity contribution in [2.24, 2.45) is 0 Å². The van der Waals surface area contributed by atoms with Crippen molar-refractivity contribution in [3.05, 3.63) is 34.3 Å². The molecule has 128 valence electrons. The predicted molar refractivity (Wildman–Crippen MR) is 95.9 cm³/mol. The van der Waals surface area contributed by atoms with Crippen molar-refractivity contribution in [1.82, 2.24) is 10.6 Å². The molecular weight excluding hydrogens is 450 g/mol. The molecule has 2 N–H and O–H groups in total. The summed E-state index contributed by atoms with van der Waals surface area (Å²) in [7, 11) is -3.08. The van der Waals surface area contributed by atoms with Crippen molar-refractivity contribution >= 4 is 66.5 Å². The Labute approximate surface area is 158 Å². The maximum Gasteiger partial charge on any atom is 0.252 e. The van der Waals surface area contributed by atoms with Gasteiger partial charge >= 0.3 is 0 Å². The highest BCUT2D eigenvalue weighted by Crippen LogP contribution is 2.30. The van der Waals surface area contributed by atoms with Crippen molar-refractivity contribution in [3.63, 3.8) is 0 Å². The van der Waals surface area contributed by atoms with Crippen molar-refractivity contribution in [2.45, 2.75) is 22.4 Å². The number of hydrogen-bond acceptors (Lipinski definition) is 4. The first-order valence-electron chi connectivity index (χ1n) is 6.66. The van der Waals surface area contributed by atoms with Crippen LogP contribution >= 0.6 is 50.7 Å². The van der Waals surface area contributed by atoms with E-state index in [4.69, 9.17) is 34.8 Å². The van der Waals surface area contributed by atoms with Gasteiger partial charge in [0.2, 0.25) is 3.79 Å². The molecule has 1 aromatic rings. The number of nitrogens with one attached hydrogen (secondary N) is 2. The quantitative estimate of drug-likeness (QED) is 0.531. The number of halogens is 4. The molecule has 2 rings (SSSR count). The first-order valence-corrected chi connectivity index (χ1v) is 10.4. The van der Waals surface area contributed by atoms with E-state index in [2.05, 4.69) is 26.6 Å². The molecular formula is C13H14BrCl3N2O3S. The van der Waals surface area contributed by atoms with E-state index in [1.165, 1.54) is 0 Å². The molecule has 1 aliphatic rings. The normalized spacial score (nSPS) is 21.8. The van der Waals surface area contributed by atoms with Crippen molar-refractivity contribution in [3.8, 4) is 0 Å². The Morgan fingerprint density at radius 3 is 2.35 bits per heavy atom. The summed E-state index contributed by atoms with van der Waals surface area (Å²) in [6.45, 7) is 0. The lowest BCUT2D eigenvalue weighted by atomic mass is 10.2. The molecule has 1 amide bonds. The fraction of sp³-hybridized carbons (Fsp3) is 0.462. The van der Waals surface area contributed by atoms with E-state index < -0.39 is 25.7 Å². The number of rotatable bonds is 4. The molecule has 0 bridgehead atoms. The number of benzene rings is 1. The van der Waals surface area contributed by atoms with Crippen LogP contribution in [0, 0.1) is 0 Å². The van der Waals surface area contributed by atoms with E-state index in [0.29, 0.717) is 12.0 Å². The molecule has 0 spiro atoms. The summed E-state index contributed by atoms with van der Waals surface area (Å²) >= 11 is 21.0. The zero-order valence-electron chi connectivity index (χ0n) is 11.7. The van der Waals surface area contributed by atoms with Crippen LogP contribution in [-0.4, -0.2) is 41.8 Å². The Bertz CT molecular complexity index is 677. The summed E-state index contributed by atoms with van der Waals surface area (Å²) in [4.78, 5) is 12.3. The van der Waals surface area contributed by atoms with E-state index in [0.717, 1.165) is 4.47 Å². The molecule has 0 aromatic heterocycles. The third-order valence-electron chi connectivity index (χ3n) is 3.34. The molecule has 0 saturated carbocycles. The summed E-state index contributed by atoms with van der Waals surface area (Å²) in [5.41, 5.74) is 0.397. The average Bonchev–Trinajstić information content (AvgIpc) is 2.77. The van der Waals surface area contributed by atoms with E-state index in [1.807, 2.05) is 0 Å². The van der Waals surface area contributed by atoms with Crippen molar-refractivity contribution in [1.29, 1.82) is 0 Å². The third kappa shape index (κ3) is 5.76. The second-order valence-corrected chi connectivity index (χ2v) is 10.7. The number of carbonyl (C=O) groups excluding carboxylic acids is 1. The highest BCUT2D eigenvalue weighted by atomic mass is 79.9. The van der Waals surface area contributed by atoms with Crippen LogP contribution in [0.4, 0.5) is 0 Å². The molecule has 10 heteroatoms. The molecule has 1 fully saturated rings. The monoisotopic (exact) mass is 462 g/mol. The lowest BCUT2D eigenvalue weighted by molar-refractivity contribution is 0.0927. The van der Waals surface area contributed by atoms with E-state index in [-0.39, 0.29) is 17.5 Å². The van der Waals surface area contributed by atoms with Gasteiger partial charge in [0.05, 0.1) is 11.5 Å². The summed E-state index contributed by atoms with van der Waals surface area (Å²) in [6, 6.07) is 6.31. The summed E-state index contributed by atoms with van der Waals surface area (Å²) < 4.78 is 22.0. The fourth-order valence-electron chi connectivity index (χ4n) is 2.20. The van der Waals surface area contributed by atoms with Gasteiger partial charge in [0.25, 0.3) is 5.91 Å². The zero-order chi connectivity index (χ0) is 17.3. The number of carbonyl (C=O) groups is 1. The van der Waals surface area contributed by atoms with Crippen LogP contribution < -0.4 is 10.6 Å². The second-order valence-electron chi connectivity index (χ2n) is 5.22. The minimum Gasteiger partial charge on any atom is -0.333 e. The topological polar surface area (TPSA) is 75.3 Å². The SMILES string of the molecule is O=C(N[C@@H](N[C@@H]1CCS(=O)(=O)C1)C(Cl)(Cl)Cl)c1ccc(Br)cc1. The number of hydrogen-bond donors (Lipinski definition) is 2. The van der Waals surface area contributed by atoms with Gasteiger partial charge < -0.3 is 5.32 Å². The Balaban J connectivity index is 2.07. The van der Waals surface area contributed by atoms with Crippen molar-refractivity contribution in [2.75, 3.05) is 11.5 Å².